The average Bonchev–Trinajstić information content (AvgIpc) is 3.16. The number of ether oxygens (including phenoxy) is 1. The Morgan fingerprint density at radius 2 is 1.50 bits per heavy atom. The zero-order valence-electron chi connectivity index (χ0n) is 16.7. The highest BCUT2D eigenvalue weighted by atomic mass is 35.5. The number of hydrogen-bond acceptors (Lipinski definition) is 2. The molecule has 0 aliphatic rings. The fourth-order valence-corrected chi connectivity index (χ4v) is 3.91. The maximum Gasteiger partial charge on any atom is 0.148 e. The van der Waals surface area contributed by atoms with Gasteiger partial charge < -0.3 is 9.30 Å². The molecule has 1 unspecified atom stereocenters. The predicted octanol–water partition coefficient (Wildman–Crippen LogP) is 6.80. The highest BCUT2D eigenvalue weighted by Gasteiger charge is 2.17. The number of halogens is 1. The molecule has 0 aliphatic heterocycles. The van der Waals surface area contributed by atoms with Gasteiger partial charge in [0, 0.05) is 0 Å². The topological polar surface area (TPSA) is 27.1 Å². The molecule has 1 heterocycles. The molecule has 0 N–H and O–H groups in total. The number of nitrogens with zero attached hydrogens (tertiary/aromatic N) is 2. The van der Waals surface area contributed by atoms with E-state index in [1.165, 1.54) is 16.3 Å². The van der Waals surface area contributed by atoms with E-state index >= 15 is 0 Å². The Bertz CT molecular complexity index is 1280. The summed E-state index contributed by atoms with van der Waals surface area (Å²) in [5, 5.41) is 2.39. The normalized spacial score (nSPS) is 11.9. The van der Waals surface area contributed by atoms with Gasteiger partial charge in [0.05, 0.1) is 17.1 Å². The second-order valence-electron chi connectivity index (χ2n) is 7.27. The first kappa shape index (κ1) is 20.0. The summed E-state index contributed by atoms with van der Waals surface area (Å²) in [6, 6.07) is 33.5. The minimum Gasteiger partial charge on any atom is -0.486 e. The largest absolute Gasteiger partial charge is 0.486 e. The molecule has 3 nitrogen and oxygen atoms in total. The fourth-order valence-electron chi connectivity index (χ4n) is 3.91. The number of benzene rings is 4. The van der Waals surface area contributed by atoms with Crippen molar-refractivity contribution in [3.63, 3.8) is 0 Å². The molecule has 0 fully saturated rings. The van der Waals surface area contributed by atoms with Crippen LogP contribution in [0.2, 0.25) is 0 Å². The van der Waals surface area contributed by atoms with Crippen LogP contribution in [0.5, 0.6) is 5.75 Å². The lowest BCUT2D eigenvalue weighted by molar-refractivity contribution is 0.289. The number of hydrogen-bond donors (Lipinski definition) is 0. The van der Waals surface area contributed by atoms with Crippen LogP contribution >= 0.6 is 12.4 Å². The molecule has 1 aromatic heterocycles. The lowest BCUT2D eigenvalue weighted by Gasteiger charge is -2.18. The predicted molar refractivity (Wildman–Crippen MR) is 126 cm³/mol. The third kappa shape index (κ3) is 3.77. The van der Waals surface area contributed by atoms with Crippen molar-refractivity contribution in [2.45, 2.75) is 19.6 Å². The van der Waals surface area contributed by atoms with E-state index < -0.39 is 0 Å². The lowest BCUT2D eigenvalue weighted by Crippen LogP contribution is -2.12. The molecule has 5 aromatic rings. The summed E-state index contributed by atoms with van der Waals surface area (Å²) in [4.78, 5) is 4.87. The maximum atomic E-state index is 6.17. The van der Waals surface area contributed by atoms with Gasteiger partial charge in [-0.15, -0.1) is 12.4 Å². The van der Waals surface area contributed by atoms with E-state index in [1.54, 1.807) is 0 Å². The van der Waals surface area contributed by atoms with Gasteiger partial charge in [-0.3, -0.25) is 0 Å². The molecule has 0 aliphatic carbocycles. The van der Waals surface area contributed by atoms with E-state index in [1.807, 2.05) is 24.3 Å². The van der Waals surface area contributed by atoms with Gasteiger partial charge in [-0.2, -0.15) is 0 Å². The van der Waals surface area contributed by atoms with E-state index in [-0.39, 0.29) is 18.4 Å². The van der Waals surface area contributed by atoms with E-state index in [4.69, 9.17) is 9.72 Å². The van der Waals surface area contributed by atoms with E-state index in [0.29, 0.717) is 6.61 Å². The molecule has 0 spiro atoms. The van der Waals surface area contributed by atoms with Crippen molar-refractivity contribution >= 4 is 34.2 Å². The fraction of sp³-hybridized carbons (Fsp3) is 0.115. The lowest BCUT2D eigenvalue weighted by atomic mass is 10.1. The highest BCUT2D eigenvalue weighted by molar-refractivity contribution is 5.85. The Labute approximate surface area is 182 Å². The molecule has 0 radical (unpaired) electrons. The number of imidazole rings is 1. The maximum absolute atomic E-state index is 6.17. The summed E-state index contributed by atoms with van der Waals surface area (Å²) in [5.41, 5.74) is 3.37. The van der Waals surface area contributed by atoms with Gasteiger partial charge in [0.15, 0.2) is 0 Å². The first-order valence-electron chi connectivity index (χ1n) is 9.92. The van der Waals surface area contributed by atoms with Crippen molar-refractivity contribution in [2.75, 3.05) is 0 Å². The first-order chi connectivity index (χ1) is 14.3. The number of aromatic nitrogens is 2. The summed E-state index contributed by atoms with van der Waals surface area (Å²) < 4.78 is 8.46. The zero-order chi connectivity index (χ0) is 19.6. The van der Waals surface area contributed by atoms with Crippen LogP contribution in [0.25, 0.3) is 21.8 Å². The van der Waals surface area contributed by atoms with Crippen LogP contribution < -0.4 is 4.74 Å². The quantitative estimate of drug-likeness (QED) is 0.316. The van der Waals surface area contributed by atoms with Crippen molar-refractivity contribution in [1.82, 2.24) is 9.55 Å². The number of rotatable bonds is 5. The molecule has 150 valence electrons. The highest BCUT2D eigenvalue weighted by Crippen LogP contribution is 2.27. The van der Waals surface area contributed by atoms with Gasteiger partial charge in [-0.05, 0) is 47.5 Å². The first-order valence-corrected chi connectivity index (χ1v) is 9.92. The van der Waals surface area contributed by atoms with Crippen LogP contribution in [0.4, 0.5) is 0 Å². The monoisotopic (exact) mass is 414 g/mol. The minimum atomic E-state index is 0. The van der Waals surface area contributed by atoms with Gasteiger partial charge >= 0.3 is 0 Å². The average molecular weight is 415 g/mol. The summed E-state index contributed by atoms with van der Waals surface area (Å²) >= 11 is 0. The van der Waals surface area contributed by atoms with Crippen molar-refractivity contribution in [1.29, 1.82) is 0 Å². The molecule has 5 rings (SSSR count). The van der Waals surface area contributed by atoms with Crippen molar-refractivity contribution in [2.24, 2.45) is 0 Å². The van der Waals surface area contributed by atoms with Gasteiger partial charge in [-0.25, -0.2) is 4.98 Å². The van der Waals surface area contributed by atoms with E-state index in [9.17, 15) is 0 Å². The second-order valence-corrected chi connectivity index (χ2v) is 7.27. The number of fused-ring (bicyclic) bond motifs is 2. The summed E-state index contributed by atoms with van der Waals surface area (Å²) in [7, 11) is 0. The Morgan fingerprint density at radius 1 is 0.800 bits per heavy atom. The van der Waals surface area contributed by atoms with Crippen molar-refractivity contribution < 1.29 is 4.74 Å². The SMILES string of the molecule is CC(c1ccccc1)n1c(COc2ccc3ccccc3c2)nc2ccccc21.Cl. The third-order valence-corrected chi connectivity index (χ3v) is 5.43. The van der Waals surface area contributed by atoms with Gasteiger partial charge in [-0.1, -0.05) is 72.8 Å². The molecule has 0 saturated carbocycles. The minimum absolute atomic E-state index is 0. The molecule has 0 bridgehead atoms. The van der Waals surface area contributed by atoms with Gasteiger partial charge in [0.1, 0.15) is 18.2 Å². The smallest absolute Gasteiger partial charge is 0.148 e. The molecule has 4 heteroatoms. The number of para-hydroxylation sites is 2. The second kappa shape index (κ2) is 8.60. The molecule has 0 amide bonds. The molecular formula is C26H23ClN2O. The third-order valence-electron chi connectivity index (χ3n) is 5.43. The van der Waals surface area contributed by atoms with Crippen LogP contribution in [-0.4, -0.2) is 9.55 Å². The molecular weight excluding hydrogens is 392 g/mol. The van der Waals surface area contributed by atoms with E-state index in [2.05, 4.69) is 84.3 Å². The van der Waals surface area contributed by atoms with E-state index in [0.717, 1.165) is 22.6 Å². The molecule has 1 atom stereocenters. The Hall–Kier alpha value is -3.30. The zero-order valence-corrected chi connectivity index (χ0v) is 17.5. The Balaban J connectivity index is 0.00000218. The molecule has 30 heavy (non-hydrogen) atoms. The molecule has 0 saturated heterocycles. The Kier molecular flexibility index (Phi) is 5.73. The van der Waals surface area contributed by atoms with Crippen LogP contribution in [0, 0.1) is 0 Å². The van der Waals surface area contributed by atoms with Crippen LogP contribution in [0.3, 0.4) is 0 Å². The summed E-state index contributed by atoms with van der Waals surface area (Å²) in [5.74, 6) is 1.78. The van der Waals surface area contributed by atoms with Crippen molar-refractivity contribution in [3.05, 3.63) is 108 Å². The van der Waals surface area contributed by atoms with Gasteiger partial charge in [0.25, 0.3) is 0 Å². The van der Waals surface area contributed by atoms with Crippen LogP contribution in [0.15, 0.2) is 97.1 Å². The van der Waals surface area contributed by atoms with Crippen LogP contribution in [-0.2, 0) is 6.61 Å². The van der Waals surface area contributed by atoms with Crippen LogP contribution in [0.1, 0.15) is 24.4 Å². The van der Waals surface area contributed by atoms with Gasteiger partial charge in [0.2, 0.25) is 0 Å². The standard InChI is InChI=1S/C26H22N2O.ClH/c1-19(20-9-3-2-4-10-20)28-25-14-8-7-13-24(25)27-26(28)18-29-23-16-15-21-11-5-6-12-22(21)17-23;/h2-17,19H,18H2,1H3;1H. The molecule has 4 aromatic carbocycles. The summed E-state index contributed by atoms with van der Waals surface area (Å²) in [6.07, 6.45) is 0. The van der Waals surface area contributed by atoms with Crippen molar-refractivity contribution in [3.8, 4) is 5.75 Å². The Morgan fingerprint density at radius 3 is 2.33 bits per heavy atom. The summed E-state index contributed by atoms with van der Waals surface area (Å²) in [6.45, 7) is 2.63.